The lowest BCUT2D eigenvalue weighted by Crippen LogP contribution is -2.10. The smallest absolute Gasteiger partial charge is 0.416 e. The largest absolute Gasteiger partial charge is 0.481 e. The molecule has 0 radical (unpaired) electrons. The summed E-state index contributed by atoms with van der Waals surface area (Å²) in [5.74, 6) is -0.979. The maximum atomic E-state index is 12.7. The molecule has 0 unspecified atom stereocenters. The minimum absolute atomic E-state index is 0.201. The second kappa shape index (κ2) is 8.17. The molecule has 2 N–H and O–H groups in total. The van der Waals surface area contributed by atoms with Gasteiger partial charge in [0.2, 0.25) is 0 Å². The van der Waals surface area contributed by atoms with Crippen molar-refractivity contribution in [3.05, 3.63) is 63.7 Å². The number of hydrogen-bond donors (Lipinski definition) is 2. The number of para-hydroxylation sites is 1. The summed E-state index contributed by atoms with van der Waals surface area (Å²) in [5, 5.41) is 23.4. The van der Waals surface area contributed by atoms with E-state index in [2.05, 4.69) is 10.5 Å². The zero-order chi connectivity index (χ0) is 20.0. The van der Waals surface area contributed by atoms with Gasteiger partial charge in [0.25, 0.3) is 5.69 Å². The molecule has 0 fully saturated rings. The maximum absolute atomic E-state index is 12.7. The fourth-order valence-corrected chi connectivity index (χ4v) is 1.98. The Kier molecular flexibility index (Phi) is 5.96. The van der Waals surface area contributed by atoms with Gasteiger partial charge in [0.1, 0.15) is 11.4 Å². The molecule has 2 aromatic rings. The molecule has 0 aliphatic heterocycles. The van der Waals surface area contributed by atoms with Gasteiger partial charge in [-0.05, 0) is 24.3 Å². The first-order valence-electron chi connectivity index (χ1n) is 7.27. The van der Waals surface area contributed by atoms with Crippen LogP contribution < -0.4 is 10.2 Å². The number of rotatable bonds is 7. The average Bonchev–Trinajstić information content (AvgIpc) is 2.60. The monoisotopic (exact) mass is 383 g/mol. The number of nitrogens with one attached hydrogen (secondary N) is 1. The second-order valence-electron chi connectivity index (χ2n) is 5.08. The molecule has 0 bridgehead atoms. The van der Waals surface area contributed by atoms with Crippen molar-refractivity contribution in [3.8, 4) is 5.75 Å². The number of anilines is 1. The highest BCUT2D eigenvalue weighted by Crippen LogP contribution is 2.34. The zero-order valence-electron chi connectivity index (χ0n) is 13.4. The Balaban J connectivity index is 2.22. The molecule has 142 valence electrons. The van der Waals surface area contributed by atoms with Crippen molar-refractivity contribution in [2.45, 2.75) is 6.18 Å². The van der Waals surface area contributed by atoms with Gasteiger partial charge in [-0.2, -0.15) is 18.3 Å². The molecule has 0 saturated carbocycles. The van der Waals surface area contributed by atoms with Crippen molar-refractivity contribution < 1.29 is 32.7 Å². The second-order valence-corrected chi connectivity index (χ2v) is 5.08. The summed E-state index contributed by atoms with van der Waals surface area (Å²) in [5.41, 5.74) is 0.471. The summed E-state index contributed by atoms with van der Waals surface area (Å²) in [6, 6.07) is 8.24. The van der Waals surface area contributed by atoms with E-state index >= 15 is 0 Å². The minimum Gasteiger partial charge on any atom is -0.481 e. The molecule has 0 aromatic heterocycles. The number of nitro groups is 1. The number of hydrogen-bond acceptors (Lipinski definition) is 6. The predicted molar refractivity (Wildman–Crippen MR) is 88.9 cm³/mol. The number of carboxylic acid groups (broad SMARTS) is 1. The van der Waals surface area contributed by atoms with Gasteiger partial charge >= 0.3 is 12.1 Å². The summed E-state index contributed by atoms with van der Waals surface area (Å²) in [4.78, 5) is 20.6. The van der Waals surface area contributed by atoms with E-state index in [1.165, 1.54) is 12.3 Å². The zero-order valence-corrected chi connectivity index (χ0v) is 13.4. The van der Waals surface area contributed by atoms with E-state index in [4.69, 9.17) is 9.84 Å². The van der Waals surface area contributed by atoms with Crippen LogP contribution in [0, 0.1) is 10.1 Å². The van der Waals surface area contributed by atoms with Crippen molar-refractivity contribution in [2.75, 3.05) is 12.0 Å². The first-order chi connectivity index (χ1) is 12.7. The third-order valence-corrected chi connectivity index (χ3v) is 3.18. The van der Waals surface area contributed by atoms with Crippen LogP contribution in [-0.2, 0) is 11.0 Å². The molecule has 0 atom stereocenters. The Morgan fingerprint density at radius 1 is 1.30 bits per heavy atom. The van der Waals surface area contributed by atoms with Gasteiger partial charge < -0.3 is 9.84 Å². The maximum Gasteiger partial charge on any atom is 0.416 e. The predicted octanol–water partition coefficient (Wildman–Crippen LogP) is 3.52. The highest BCUT2D eigenvalue weighted by atomic mass is 19.4. The molecular weight excluding hydrogens is 371 g/mol. The fraction of sp³-hybridized carbons (Fsp3) is 0.125. The standard InChI is InChI=1S/C16H12F3N3O5/c17-16(18,19)11-5-6-12(13(7-11)22(25)26)21-20-8-10-3-1-2-4-14(10)27-9-15(23)24/h1-8,21H,9H2,(H,23,24)/b20-8+. The quantitative estimate of drug-likeness (QED) is 0.430. The number of ether oxygens (including phenoxy) is 1. The van der Waals surface area contributed by atoms with E-state index in [1.807, 2.05) is 0 Å². The number of aliphatic carboxylic acids is 1. The van der Waals surface area contributed by atoms with E-state index in [1.54, 1.807) is 18.2 Å². The van der Waals surface area contributed by atoms with Crippen LogP contribution in [0.15, 0.2) is 47.6 Å². The van der Waals surface area contributed by atoms with Crippen LogP contribution in [0.1, 0.15) is 11.1 Å². The molecular formula is C16H12F3N3O5. The molecule has 0 aliphatic carbocycles. The van der Waals surface area contributed by atoms with Crippen molar-refractivity contribution in [2.24, 2.45) is 5.10 Å². The number of hydrazone groups is 1. The number of halogens is 3. The minimum atomic E-state index is -4.72. The Morgan fingerprint density at radius 2 is 2.00 bits per heavy atom. The highest BCUT2D eigenvalue weighted by Gasteiger charge is 2.33. The first kappa shape index (κ1) is 19.7. The first-order valence-corrected chi connectivity index (χ1v) is 7.27. The van der Waals surface area contributed by atoms with E-state index in [0.29, 0.717) is 17.7 Å². The summed E-state index contributed by atoms with van der Waals surface area (Å²) in [7, 11) is 0. The van der Waals surface area contributed by atoms with Crippen LogP contribution in [-0.4, -0.2) is 28.8 Å². The van der Waals surface area contributed by atoms with Gasteiger partial charge in [-0.3, -0.25) is 15.5 Å². The Hall–Kier alpha value is -3.63. The molecule has 2 aromatic carbocycles. The number of alkyl halides is 3. The summed E-state index contributed by atoms with van der Waals surface area (Å²) in [6.07, 6.45) is -3.52. The lowest BCUT2D eigenvalue weighted by atomic mass is 10.1. The lowest BCUT2D eigenvalue weighted by Gasteiger charge is -2.09. The van der Waals surface area contributed by atoms with Gasteiger partial charge in [0, 0.05) is 11.6 Å². The molecule has 2 rings (SSSR count). The molecule has 8 nitrogen and oxygen atoms in total. The molecule has 0 amide bonds. The van der Waals surface area contributed by atoms with Gasteiger partial charge in [0.15, 0.2) is 6.61 Å². The molecule has 11 heteroatoms. The van der Waals surface area contributed by atoms with E-state index in [9.17, 15) is 28.1 Å². The average molecular weight is 383 g/mol. The number of benzene rings is 2. The number of nitro benzene ring substituents is 1. The van der Waals surface area contributed by atoms with Crippen molar-refractivity contribution >= 4 is 23.6 Å². The molecule has 0 aliphatic rings. The number of nitrogens with zero attached hydrogens (tertiary/aromatic N) is 2. The topological polar surface area (TPSA) is 114 Å². The molecule has 27 heavy (non-hydrogen) atoms. The Bertz CT molecular complexity index is 884. The van der Waals surface area contributed by atoms with Gasteiger partial charge in [-0.1, -0.05) is 12.1 Å². The van der Waals surface area contributed by atoms with Gasteiger partial charge in [-0.25, -0.2) is 4.79 Å². The molecule has 0 spiro atoms. The van der Waals surface area contributed by atoms with Gasteiger partial charge in [0.05, 0.1) is 16.7 Å². The molecule has 0 saturated heterocycles. The molecule has 0 heterocycles. The van der Waals surface area contributed by atoms with Crippen molar-refractivity contribution in [3.63, 3.8) is 0 Å². The number of carbonyl (C=O) groups is 1. The highest BCUT2D eigenvalue weighted by molar-refractivity contribution is 5.84. The Labute approximate surface area is 150 Å². The van der Waals surface area contributed by atoms with E-state index in [-0.39, 0.29) is 11.4 Å². The van der Waals surface area contributed by atoms with Crippen LogP contribution in [0.3, 0.4) is 0 Å². The summed E-state index contributed by atoms with van der Waals surface area (Å²) < 4.78 is 43.1. The van der Waals surface area contributed by atoms with Crippen LogP contribution in [0.2, 0.25) is 0 Å². The third-order valence-electron chi connectivity index (χ3n) is 3.18. The lowest BCUT2D eigenvalue weighted by molar-refractivity contribution is -0.384. The van der Waals surface area contributed by atoms with Crippen LogP contribution in [0.4, 0.5) is 24.5 Å². The van der Waals surface area contributed by atoms with Crippen LogP contribution >= 0.6 is 0 Å². The SMILES string of the molecule is O=C(O)COc1ccccc1/C=N/Nc1ccc(C(F)(F)F)cc1[N+](=O)[O-]. The third kappa shape index (κ3) is 5.42. The summed E-state index contributed by atoms with van der Waals surface area (Å²) in [6.45, 7) is -0.581. The summed E-state index contributed by atoms with van der Waals surface area (Å²) >= 11 is 0. The normalized spacial score (nSPS) is 11.4. The van der Waals surface area contributed by atoms with Crippen LogP contribution in [0.25, 0.3) is 0 Å². The number of carboxylic acids is 1. The van der Waals surface area contributed by atoms with Crippen molar-refractivity contribution in [1.82, 2.24) is 0 Å². The van der Waals surface area contributed by atoms with E-state index in [0.717, 1.165) is 6.07 Å². The van der Waals surface area contributed by atoms with E-state index < -0.39 is 34.9 Å². The van der Waals surface area contributed by atoms with Gasteiger partial charge in [-0.15, -0.1) is 0 Å². The van der Waals surface area contributed by atoms with Crippen molar-refractivity contribution in [1.29, 1.82) is 0 Å². The Morgan fingerprint density at radius 3 is 2.63 bits per heavy atom. The van der Waals surface area contributed by atoms with Crippen LogP contribution in [0.5, 0.6) is 5.75 Å². The fourth-order valence-electron chi connectivity index (χ4n) is 1.98.